The van der Waals surface area contributed by atoms with E-state index in [1.165, 1.54) is 0 Å². The van der Waals surface area contributed by atoms with Crippen molar-refractivity contribution in [2.24, 2.45) is 0 Å². The first-order valence-corrected chi connectivity index (χ1v) is 4.44. The normalized spacial score (nSPS) is 10.6. The number of rotatable bonds is 5. The molecule has 0 aliphatic heterocycles. The van der Waals surface area contributed by atoms with Crippen LogP contribution in [-0.2, 0) is 16.0 Å². The van der Waals surface area contributed by atoms with Gasteiger partial charge in [-0.05, 0) is 0 Å². The van der Waals surface area contributed by atoms with Crippen LogP contribution in [0.4, 0.5) is 4.39 Å². The summed E-state index contributed by atoms with van der Waals surface area (Å²) in [7, 11) is 0. The lowest BCUT2D eigenvalue weighted by Crippen LogP contribution is -1.99. The molecule has 0 aliphatic rings. The van der Waals surface area contributed by atoms with Crippen molar-refractivity contribution in [2.75, 3.05) is 6.61 Å². The number of nitrogens with zero attached hydrogens (tertiary/aromatic N) is 1. The van der Waals surface area contributed by atoms with Crippen LogP contribution in [0, 0.1) is 5.82 Å². The van der Waals surface area contributed by atoms with E-state index in [0.29, 0.717) is 24.3 Å². The molecule has 1 N–H and O–H groups in total. The van der Waals surface area contributed by atoms with E-state index in [0.717, 1.165) is 0 Å². The summed E-state index contributed by atoms with van der Waals surface area (Å²) < 4.78 is 17.9. The van der Waals surface area contributed by atoms with E-state index < -0.39 is 0 Å². The number of nitrogens with one attached hydrogen (secondary N) is 1. The molecule has 0 saturated heterocycles. The highest BCUT2D eigenvalue weighted by Crippen LogP contribution is 2.17. The molecule has 0 spiro atoms. The first kappa shape index (κ1) is 10.7. The van der Waals surface area contributed by atoms with E-state index >= 15 is 0 Å². The van der Waals surface area contributed by atoms with Gasteiger partial charge in [-0.3, -0.25) is 9.89 Å². The zero-order chi connectivity index (χ0) is 10.6. The Bertz CT molecular complexity index is 310. The predicted molar refractivity (Wildman–Crippen MR) is 48.4 cm³/mol. The summed E-state index contributed by atoms with van der Waals surface area (Å²) in [6.45, 7) is 4.24. The Morgan fingerprint density at radius 1 is 1.64 bits per heavy atom. The largest absolute Gasteiger partial charge is 0.467 e. The maximum atomic E-state index is 13.5. The zero-order valence-corrected chi connectivity index (χ0v) is 8.21. The molecule has 0 atom stereocenters. The van der Waals surface area contributed by atoms with E-state index in [1.807, 2.05) is 13.8 Å². The highest BCUT2D eigenvalue weighted by atomic mass is 19.1. The maximum absolute atomic E-state index is 13.5. The Hall–Kier alpha value is -1.39. The second kappa shape index (κ2) is 4.74. The molecule has 1 heterocycles. The number of carbonyl (C=O) groups is 1. The van der Waals surface area contributed by atoms with Gasteiger partial charge in [0.25, 0.3) is 6.47 Å². The van der Waals surface area contributed by atoms with E-state index in [-0.39, 0.29) is 18.3 Å². The van der Waals surface area contributed by atoms with Gasteiger partial charge in [-0.1, -0.05) is 13.8 Å². The summed E-state index contributed by atoms with van der Waals surface area (Å²) in [4.78, 5) is 9.85. The highest BCUT2D eigenvalue weighted by Gasteiger charge is 2.15. The molecule has 0 unspecified atom stereocenters. The van der Waals surface area contributed by atoms with Gasteiger partial charge in [0.1, 0.15) is 5.69 Å². The van der Waals surface area contributed by atoms with Crippen molar-refractivity contribution in [2.45, 2.75) is 26.2 Å². The Morgan fingerprint density at radius 3 is 2.86 bits per heavy atom. The fourth-order valence-electron chi connectivity index (χ4n) is 1.14. The molecule has 4 nitrogen and oxygen atoms in total. The van der Waals surface area contributed by atoms with Gasteiger partial charge < -0.3 is 4.74 Å². The molecule has 0 aliphatic carbocycles. The van der Waals surface area contributed by atoms with Gasteiger partial charge in [-0.2, -0.15) is 5.10 Å². The Balaban J connectivity index is 2.64. The fourth-order valence-corrected chi connectivity index (χ4v) is 1.14. The fraction of sp³-hybridized carbons (Fsp3) is 0.556. The molecule has 1 aromatic rings. The van der Waals surface area contributed by atoms with Crippen LogP contribution in [0.15, 0.2) is 0 Å². The summed E-state index contributed by atoms with van der Waals surface area (Å²) in [5, 5.41) is 6.44. The van der Waals surface area contributed by atoms with Crippen molar-refractivity contribution >= 4 is 6.47 Å². The van der Waals surface area contributed by atoms with E-state index in [9.17, 15) is 9.18 Å². The smallest absolute Gasteiger partial charge is 0.293 e. The molecule has 0 bridgehead atoms. The van der Waals surface area contributed by atoms with Gasteiger partial charge in [0, 0.05) is 12.3 Å². The molecule has 78 valence electrons. The number of halogens is 1. The van der Waals surface area contributed by atoms with Crippen LogP contribution in [0.5, 0.6) is 0 Å². The van der Waals surface area contributed by atoms with Crippen molar-refractivity contribution in [1.82, 2.24) is 10.2 Å². The van der Waals surface area contributed by atoms with Crippen LogP contribution in [-0.4, -0.2) is 23.3 Å². The molecule has 1 rings (SSSR count). The molecule has 0 amide bonds. The second-order valence-corrected chi connectivity index (χ2v) is 3.27. The van der Waals surface area contributed by atoms with Gasteiger partial charge in [-0.15, -0.1) is 0 Å². The molecule has 0 aromatic carbocycles. The van der Waals surface area contributed by atoms with Crippen molar-refractivity contribution in [3.63, 3.8) is 0 Å². The third kappa shape index (κ3) is 2.31. The minimum absolute atomic E-state index is 0.0481. The summed E-state index contributed by atoms with van der Waals surface area (Å²) in [6, 6.07) is 0. The first-order valence-electron chi connectivity index (χ1n) is 4.44. The number of carbonyl (C=O) groups excluding carboxylic acids is 1. The maximum Gasteiger partial charge on any atom is 0.293 e. The predicted octanol–water partition coefficient (Wildman–Crippen LogP) is 1.39. The Kier molecular flexibility index (Phi) is 3.62. The molecular weight excluding hydrogens is 187 g/mol. The van der Waals surface area contributed by atoms with Gasteiger partial charge >= 0.3 is 0 Å². The number of hydrogen-bond acceptors (Lipinski definition) is 3. The summed E-state index contributed by atoms with van der Waals surface area (Å²) in [5.74, 6) is -0.276. The van der Waals surface area contributed by atoms with Crippen LogP contribution >= 0.6 is 0 Å². The van der Waals surface area contributed by atoms with Crippen LogP contribution in [0.25, 0.3) is 0 Å². The van der Waals surface area contributed by atoms with Crippen molar-refractivity contribution in [3.8, 4) is 0 Å². The third-order valence-electron chi connectivity index (χ3n) is 1.89. The van der Waals surface area contributed by atoms with Crippen LogP contribution in [0.2, 0.25) is 0 Å². The topological polar surface area (TPSA) is 55.0 Å². The number of H-pyrrole nitrogens is 1. The van der Waals surface area contributed by atoms with E-state index in [1.54, 1.807) is 0 Å². The van der Waals surface area contributed by atoms with E-state index in [2.05, 4.69) is 14.9 Å². The lowest BCUT2D eigenvalue weighted by atomic mass is 10.1. The van der Waals surface area contributed by atoms with Crippen molar-refractivity contribution in [1.29, 1.82) is 0 Å². The van der Waals surface area contributed by atoms with Gasteiger partial charge in [0.05, 0.1) is 12.3 Å². The second-order valence-electron chi connectivity index (χ2n) is 3.27. The molecule has 5 heteroatoms. The average Bonchev–Trinajstić information content (AvgIpc) is 2.48. The van der Waals surface area contributed by atoms with Crippen molar-refractivity contribution in [3.05, 3.63) is 17.2 Å². The Labute approximate surface area is 81.5 Å². The Morgan fingerprint density at radius 2 is 2.36 bits per heavy atom. The molecule has 0 saturated carbocycles. The number of ether oxygens (including phenoxy) is 1. The minimum atomic E-state index is -0.325. The van der Waals surface area contributed by atoms with Crippen molar-refractivity contribution < 1.29 is 13.9 Å². The highest BCUT2D eigenvalue weighted by molar-refractivity contribution is 5.36. The third-order valence-corrected chi connectivity index (χ3v) is 1.89. The first-order chi connectivity index (χ1) is 6.66. The standard InChI is InChI=1S/C9H13FN2O2/c1-6(2)9-8(10)7(11-12-9)3-4-14-5-13/h5-6H,3-4H2,1-2H3,(H,11,12). The lowest BCUT2D eigenvalue weighted by molar-refractivity contribution is -0.128. The van der Waals surface area contributed by atoms with Gasteiger partial charge in [0.2, 0.25) is 0 Å². The molecule has 0 radical (unpaired) electrons. The summed E-state index contributed by atoms with van der Waals surface area (Å²) in [6.07, 6.45) is 0.324. The molecule has 0 fully saturated rings. The van der Waals surface area contributed by atoms with Crippen LogP contribution < -0.4 is 0 Å². The monoisotopic (exact) mass is 200 g/mol. The minimum Gasteiger partial charge on any atom is -0.467 e. The van der Waals surface area contributed by atoms with Gasteiger partial charge in [0.15, 0.2) is 5.82 Å². The molecule has 14 heavy (non-hydrogen) atoms. The van der Waals surface area contributed by atoms with Crippen LogP contribution in [0.3, 0.4) is 0 Å². The van der Waals surface area contributed by atoms with Gasteiger partial charge in [-0.25, -0.2) is 4.39 Å². The number of hydrogen-bond donors (Lipinski definition) is 1. The SMILES string of the molecule is CC(C)c1n[nH]c(CCOC=O)c1F. The molecular formula is C9H13FN2O2. The summed E-state index contributed by atoms with van der Waals surface area (Å²) in [5.41, 5.74) is 0.807. The average molecular weight is 200 g/mol. The van der Waals surface area contributed by atoms with Crippen LogP contribution in [0.1, 0.15) is 31.2 Å². The number of aromatic nitrogens is 2. The number of aromatic amines is 1. The zero-order valence-electron chi connectivity index (χ0n) is 8.21. The lowest BCUT2D eigenvalue weighted by Gasteiger charge is -1.99. The summed E-state index contributed by atoms with van der Waals surface area (Å²) >= 11 is 0. The quantitative estimate of drug-likeness (QED) is 0.577. The van der Waals surface area contributed by atoms with E-state index in [4.69, 9.17) is 0 Å². The molecule has 1 aromatic heterocycles.